The van der Waals surface area contributed by atoms with Gasteiger partial charge in [0.25, 0.3) is 0 Å². The van der Waals surface area contributed by atoms with Crippen LogP contribution >= 0.6 is 0 Å². The second-order valence-electron chi connectivity index (χ2n) is 7.82. The molecule has 0 bridgehead atoms. The highest BCUT2D eigenvalue weighted by atomic mass is 16.6. The monoisotopic (exact) mass is 348 g/mol. The molecule has 0 radical (unpaired) electrons. The van der Waals surface area contributed by atoms with E-state index in [2.05, 4.69) is 6.58 Å². The first-order chi connectivity index (χ1) is 11.7. The minimum Gasteiger partial charge on any atom is -0.461 e. The Hall–Kier alpha value is -1.62. The number of aliphatic hydroxyl groups is 1. The van der Waals surface area contributed by atoms with Gasteiger partial charge in [0.2, 0.25) is 0 Å². The van der Waals surface area contributed by atoms with Gasteiger partial charge in [-0.2, -0.15) is 0 Å². The SMILES string of the molecule is C=C1CCC=C(C)[C@]2(O)[C@H](OC(=O)C(C)CC)[C@@H]3[C@@H](OC(=O)[C@@H]3C)[C@H]12. The van der Waals surface area contributed by atoms with Gasteiger partial charge in [-0.1, -0.05) is 39.0 Å². The van der Waals surface area contributed by atoms with E-state index in [0.717, 1.165) is 24.0 Å². The molecule has 5 nitrogen and oxygen atoms in total. The highest BCUT2D eigenvalue weighted by Crippen LogP contribution is 2.56. The third-order valence-corrected chi connectivity index (χ3v) is 6.41. The van der Waals surface area contributed by atoms with E-state index in [1.807, 2.05) is 26.8 Å². The topological polar surface area (TPSA) is 72.8 Å². The number of hydrogen-bond acceptors (Lipinski definition) is 5. The number of rotatable bonds is 3. The number of carbonyl (C=O) groups excluding carboxylic acids is 2. The van der Waals surface area contributed by atoms with Crippen molar-refractivity contribution >= 4 is 11.9 Å². The van der Waals surface area contributed by atoms with Crippen molar-refractivity contribution in [3.05, 3.63) is 23.8 Å². The Bertz CT molecular complexity index is 636. The smallest absolute Gasteiger partial charge is 0.309 e. The summed E-state index contributed by atoms with van der Waals surface area (Å²) >= 11 is 0. The molecule has 25 heavy (non-hydrogen) atoms. The van der Waals surface area contributed by atoms with Gasteiger partial charge in [0.15, 0.2) is 0 Å². The van der Waals surface area contributed by atoms with Gasteiger partial charge in [-0.05, 0) is 31.8 Å². The van der Waals surface area contributed by atoms with Gasteiger partial charge in [-0.15, -0.1) is 0 Å². The van der Waals surface area contributed by atoms with Crippen LogP contribution in [0.15, 0.2) is 23.8 Å². The van der Waals surface area contributed by atoms with Crippen molar-refractivity contribution in [3.63, 3.8) is 0 Å². The molecule has 0 amide bonds. The van der Waals surface area contributed by atoms with Crippen LogP contribution in [0.2, 0.25) is 0 Å². The van der Waals surface area contributed by atoms with Gasteiger partial charge in [-0.25, -0.2) is 0 Å². The van der Waals surface area contributed by atoms with Gasteiger partial charge in [0, 0.05) is 0 Å². The molecular formula is C20H28O5. The van der Waals surface area contributed by atoms with Crippen LogP contribution in [0.4, 0.5) is 0 Å². The quantitative estimate of drug-likeness (QED) is 0.627. The Kier molecular flexibility index (Phi) is 4.56. The molecule has 138 valence electrons. The van der Waals surface area contributed by atoms with E-state index < -0.39 is 29.6 Å². The predicted octanol–water partition coefficient (Wildman–Crippen LogP) is 2.78. The maximum Gasteiger partial charge on any atom is 0.309 e. The zero-order chi connectivity index (χ0) is 18.5. The van der Waals surface area contributed by atoms with Crippen LogP contribution < -0.4 is 0 Å². The van der Waals surface area contributed by atoms with Gasteiger partial charge in [0.1, 0.15) is 17.8 Å². The fraction of sp³-hybridized carbons (Fsp3) is 0.700. The largest absolute Gasteiger partial charge is 0.461 e. The van der Waals surface area contributed by atoms with Gasteiger partial charge in [-0.3, -0.25) is 9.59 Å². The normalized spacial score (nSPS) is 41.3. The van der Waals surface area contributed by atoms with Crippen molar-refractivity contribution in [1.29, 1.82) is 0 Å². The molecule has 1 unspecified atom stereocenters. The summed E-state index contributed by atoms with van der Waals surface area (Å²) in [6.07, 6.45) is 2.87. The lowest BCUT2D eigenvalue weighted by Gasteiger charge is -2.37. The highest BCUT2D eigenvalue weighted by molar-refractivity contribution is 5.77. The standard InChI is InChI=1S/C20H28O5/c1-6-10(2)18(21)25-17-14-13(5)19(22)24-16(14)15-11(3)8-7-9-12(4)20(15,17)23/h9-10,13-17,23H,3,6-8H2,1-2,4-5H3/t10?,13-,14+,15+,16-,17-,20-/m1/s1. The summed E-state index contributed by atoms with van der Waals surface area (Å²) in [5.41, 5.74) is 0.270. The lowest BCUT2D eigenvalue weighted by atomic mass is 9.79. The summed E-state index contributed by atoms with van der Waals surface area (Å²) < 4.78 is 11.5. The van der Waals surface area contributed by atoms with Crippen LogP contribution in [0.25, 0.3) is 0 Å². The molecule has 1 saturated heterocycles. The summed E-state index contributed by atoms with van der Waals surface area (Å²) in [7, 11) is 0. The van der Waals surface area contributed by atoms with E-state index in [4.69, 9.17) is 9.47 Å². The maximum atomic E-state index is 12.5. The van der Waals surface area contributed by atoms with Crippen LogP contribution in [-0.2, 0) is 19.1 Å². The van der Waals surface area contributed by atoms with Gasteiger partial charge in [0.05, 0.1) is 23.7 Å². The average Bonchev–Trinajstić information content (AvgIpc) is 2.94. The minimum absolute atomic E-state index is 0.257. The van der Waals surface area contributed by atoms with E-state index in [9.17, 15) is 14.7 Å². The van der Waals surface area contributed by atoms with Crippen LogP contribution in [0, 0.1) is 23.7 Å². The highest BCUT2D eigenvalue weighted by Gasteiger charge is 2.69. The molecule has 0 spiro atoms. The van der Waals surface area contributed by atoms with E-state index in [0.29, 0.717) is 6.42 Å². The molecule has 1 aliphatic heterocycles. The van der Waals surface area contributed by atoms with Gasteiger partial charge >= 0.3 is 11.9 Å². The van der Waals surface area contributed by atoms with E-state index in [1.165, 1.54) is 0 Å². The maximum absolute atomic E-state index is 12.5. The lowest BCUT2D eigenvalue weighted by molar-refractivity contribution is -0.170. The number of carbonyl (C=O) groups is 2. The number of allylic oxidation sites excluding steroid dienone is 1. The Labute approximate surface area is 149 Å². The second-order valence-corrected chi connectivity index (χ2v) is 7.82. The third kappa shape index (κ3) is 2.55. The molecule has 3 rings (SSSR count). The molecule has 1 heterocycles. The molecule has 2 aliphatic carbocycles. The second kappa shape index (κ2) is 6.27. The van der Waals surface area contributed by atoms with E-state index >= 15 is 0 Å². The molecule has 1 N–H and O–H groups in total. The van der Waals surface area contributed by atoms with Crippen LogP contribution in [-0.4, -0.2) is 34.9 Å². The average molecular weight is 348 g/mol. The van der Waals surface area contributed by atoms with Crippen molar-refractivity contribution in [2.75, 3.05) is 0 Å². The van der Waals surface area contributed by atoms with Crippen molar-refractivity contribution < 1.29 is 24.2 Å². The summed E-state index contributed by atoms with van der Waals surface area (Å²) in [5, 5.41) is 11.7. The van der Waals surface area contributed by atoms with Crippen LogP contribution in [0.5, 0.6) is 0 Å². The Morgan fingerprint density at radius 3 is 2.88 bits per heavy atom. The number of fused-ring (bicyclic) bond motifs is 3. The zero-order valence-electron chi connectivity index (χ0n) is 15.5. The minimum atomic E-state index is -1.36. The summed E-state index contributed by atoms with van der Waals surface area (Å²) in [6, 6.07) is 0. The molecule has 5 heteroatoms. The molecule has 3 aliphatic rings. The summed E-state index contributed by atoms with van der Waals surface area (Å²) in [4.78, 5) is 24.7. The Morgan fingerprint density at radius 1 is 1.56 bits per heavy atom. The molecule has 0 aromatic carbocycles. The lowest BCUT2D eigenvalue weighted by Crippen LogP contribution is -2.50. The van der Waals surface area contributed by atoms with Crippen LogP contribution in [0.3, 0.4) is 0 Å². The molecule has 0 aromatic rings. The summed E-state index contributed by atoms with van der Waals surface area (Å²) in [5.74, 6) is -2.09. The molecule has 7 atom stereocenters. The molecular weight excluding hydrogens is 320 g/mol. The number of hydrogen-bond donors (Lipinski definition) is 1. The fourth-order valence-electron chi connectivity index (χ4n) is 4.59. The van der Waals surface area contributed by atoms with E-state index in [1.54, 1.807) is 6.92 Å². The van der Waals surface area contributed by atoms with Crippen molar-refractivity contribution in [3.8, 4) is 0 Å². The number of ether oxygens (including phenoxy) is 2. The van der Waals surface area contributed by atoms with Crippen molar-refractivity contribution in [2.45, 2.75) is 64.8 Å². The first-order valence-electron chi connectivity index (χ1n) is 9.21. The third-order valence-electron chi connectivity index (χ3n) is 6.41. The Balaban J connectivity index is 2.06. The predicted molar refractivity (Wildman–Crippen MR) is 92.4 cm³/mol. The van der Waals surface area contributed by atoms with Crippen LogP contribution in [0.1, 0.15) is 47.0 Å². The van der Waals surface area contributed by atoms with Gasteiger partial charge < -0.3 is 14.6 Å². The first kappa shape index (κ1) is 18.2. The zero-order valence-corrected chi connectivity index (χ0v) is 15.5. The molecule has 1 saturated carbocycles. The van der Waals surface area contributed by atoms with Crippen molar-refractivity contribution in [1.82, 2.24) is 0 Å². The molecule has 2 fully saturated rings. The molecule has 0 aromatic heterocycles. The number of esters is 2. The van der Waals surface area contributed by atoms with Crippen molar-refractivity contribution in [2.24, 2.45) is 23.7 Å². The fourth-order valence-corrected chi connectivity index (χ4v) is 4.59. The summed E-state index contributed by atoms with van der Waals surface area (Å²) in [6.45, 7) is 11.5. The Morgan fingerprint density at radius 2 is 2.24 bits per heavy atom. The first-order valence-corrected chi connectivity index (χ1v) is 9.21. The van der Waals surface area contributed by atoms with E-state index in [-0.39, 0.29) is 23.8 Å².